The number of nitriles is 1. The summed E-state index contributed by atoms with van der Waals surface area (Å²) in [7, 11) is 0. The van der Waals surface area contributed by atoms with E-state index in [0.29, 0.717) is 5.56 Å². The molecule has 1 unspecified atom stereocenters. The maximum atomic E-state index is 11.4. The first kappa shape index (κ1) is 13.8. The van der Waals surface area contributed by atoms with Gasteiger partial charge in [0.05, 0.1) is 5.56 Å². The van der Waals surface area contributed by atoms with Gasteiger partial charge in [0, 0.05) is 6.20 Å². The SMILES string of the molecule is N#Cc1ccnc(NC(C(=O)O)c2ccccc2)c1Cl. The summed E-state index contributed by atoms with van der Waals surface area (Å²) in [6, 6.07) is 11.1. The van der Waals surface area contributed by atoms with Gasteiger partial charge in [0.2, 0.25) is 0 Å². The van der Waals surface area contributed by atoms with Crippen molar-refractivity contribution < 1.29 is 9.90 Å². The van der Waals surface area contributed by atoms with Crippen LogP contribution in [0.2, 0.25) is 5.02 Å². The summed E-state index contributed by atoms with van der Waals surface area (Å²) in [5.41, 5.74) is 0.807. The predicted molar refractivity (Wildman–Crippen MR) is 74.4 cm³/mol. The van der Waals surface area contributed by atoms with Crippen LogP contribution in [0.25, 0.3) is 0 Å². The Balaban J connectivity index is 2.36. The Kier molecular flexibility index (Phi) is 4.18. The fourth-order valence-electron chi connectivity index (χ4n) is 1.70. The fraction of sp³-hybridized carbons (Fsp3) is 0.0714. The summed E-state index contributed by atoms with van der Waals surface area (Å²) in [6.07, 6.45) is 1.40. The summed E-state index contributed by atoms with van der Waals surface area (Å²) in [5, 5.41) is 21.1. The van der Waals surface area contributed by atoms with Crippen molar-refractivity contribution in [1.82, 2.24) is 4.98 Å². The standard InChI is InChI=1S/C14H10ClN3O2/c15-11-10(8-16)6-7-17-13(11)18-12(14(19)20)9-4-2-1-3-5-9/h1-7,12H,(H,17,18)(H,19,20). The van der Waals surface area contributed by atoms with Crippen LogP contribution < -0.4 is 5.32 Å². The molecule has 0 radical (unpaired) electrons. The van der Waals surface area contributed by atoms with Gasteiger partial charge in [-0.25, -0.2) is 9.78 Å². The molecule has 0 saturated heterocycles. The number of pyridine rings is 1. The molecule has 2 aromatic rings. The minimum atomic E-state index is -1.06. The second-order valence-corrected chi connectivity index (χ2v) is 4.34. The highest BCUT2D eigenvalue weighted by molar-refractivity contribution is 6.34. The number of carboxylic acids is 1. The van der Waals surface area contributed by atoms with Crippen LogP contribution >= 0.6 is 11.6 Å². The van der Waals surface area contributed by atoms with E-state index in [4.69, 9.17) is 16.9 Å². The molecule has 1 aromatic heterocycles. The minimum absolute atomic E-state index is 0.109. The number of aliphatic carboxylic acids is 1. The smallest absolute Gasteiger partial charge is 0.330 e. The molecule has 6 heteroatoms. The Morgan fingerprint density at radius 2 is 2.05 bits per heavy atom. The average Bonchev–Trinajstić information content (AvgIpc) is 2.46. The molecule has 0 aliphatic heterocycles. The zero-order valence-corrected chi connectivity index (χ0v) is 11.0. The highest BCUT2D eigenvalue weighted by Crippen LogP contribution is 2.27. The molecule has 100 valence electrons. The molecule has 1 atom stereocenters. The van der Waals surface area contributed by atoms with Crippen LogP contribution in [-0.4, -0.2) is 16.1 Å². The van der Waals surface area contributed by atoms with Crippen molar-refractivity contribution in [3.8, 4) is 6.07 Å². The van der Waals surface area contributed by atoms with Crippen molar-refractivity contribution in [1.29, 1.82) is 5.26 Å². The van der Waals surface area contributed by atoms with Gasteiger partial charge in [0.25, 0.3) is 0 Å². The number of nitrogens with one attached hydrogen (secondary N) is 1. The average molecular weight is 288 g/mol. The number of nitrogens with zero attached hydrogens (tertiary/aromatic N) is 2. The lowest BCUT2D eigenvalue weighted by Crippen LogP contribution is -2.21. The molecule has 5 nitrogen and oxygen atoms in total. The summed E-state index contributed by atoms with van der Waals surface area (Å²) in [6.45, 7) is 0. The van der Waals surface area contributed by atoms with E-state index in [2.05, 4.69) is 10.3 Å². The molecule has 1 aromatic carbocycles. The van der Waals surface area contributed by atoms with Crippen LogP contribution in [0.4, 0.5) is 5.82 Å². The Bertz CT molecular complexity index is 668. The van der Waals surface area contributed by atoms with E-state index in [0.717, 1.165) is 0 Å². The van der Waals surface area contributed by atoms with E-state index in [-0.39, 0.29) is 16.4 Å². The monoisotopic (exact) mass is 287 g/mol. The van der Waals surface area contributed by atoms with Crippen molar-refractivity contribution in [3.05, 3.63) is 58.7 Å². The van der Waals surface area contributed by atoms with E-state index in [9.17, 15) is 9.90 Å². The molecule has 0 spiro atoms. The second kappa shape index (κ2) is 6.04. The summed E-state index contributed by atoms with van der Waals surface area (Å²) >= 11 is 6.00. The largest absolute Gasteiger partial charge is 0.479 e. The van der Waals surface area contributed by atoms with Gasteiger partial charge in [0.15, 0.2) is 6.04 Å². The van der Waals surface area contributed by atoms with Crippen LogP contribution in [0.5, 0.6) is 0 Å². The quantitative estimate of drug-likeness (QED) is 0.903. The molecule has 0 aliphatic carbocycles. The van der Waals surface area contributed by atoms with Gasteiger partial charge in [0.1, 0.15) is 16.9 Å². The maximum absolute atomic E-state index is 11.4. The molecular formula is C14H10ClN3O2. The Morgan fingerprint density at radius 1 is 1.35 bits per heavy atom. The van der Waals surface area contributed by atoms with E-state index >= 15 is 0 Å². The van der Waals surface area contributed by atoms with E-state index < -0.39 is 12.0 Å². The zero-order valence-electron chi connectivity index (χ0n) is 10.2. The molecule has 2 N–H and O–H groups in total. The lowest BCUT2D eigenvalue weighted by Gasteiger charge is -2.16. The van der Waals surface area contributed by atoms with Gasteiger partial charge in [-0.15, -0.1) is 0 Å². The normalized spacial score (nSPS) is 11.4. The van der Waals surface area contributed by atoms with Gasteiger partial charge in [-0.2, -0.15) is 5.26 Å². The Morgan fingerprint density at radius 3 is 2.65 bits per heavy atom. The van der Waals surface area contributed by atoms with Gasteiger partial charge in [-0.05, 0) is 11.6 Å². The number of benzene rings is 1. The molecular weight excluding hydrogens is 278 g/mol. The van der Waals surface area contributed by atoms with Gasteiger partial charge in [-0.3, -0.25) is 0 Å². The highest BCUT2D eigenvalue weighted by atomic mass is 35.5. The van der Waals surface area contributed by atoms with Crippen LogP contribution in [0.1, 0.15) is 17.2 Å². The third-order valence-corrected chi connectivity index (χ3v) is 3.05. The first-order valence-corrected chi connectivity index (χ1v) is 6.10. The van der Waals surface area contributed by atoms with Crippen LogP contribution in [0.3, 0.4) is 0 Å². The third-order valence-electron chi connectivity index (χ3n) is 2.67. The van der Waals surface area contributed by atoms with E-state index in [1.165, 1.54) is 12.3 Å². The van der Waals surface area contributed by atoms with Crippen LogP contribution in [-0.2, 0) is 4.79 Å². The van der Waals surface area contributed by atoms with Crippen molar-refractivity contribution >= 4 is 23.4 Å². The lowest BCUT2D eigenvalue weighted by molar-refractivity contribution is -0.138. The van der Waals surface area contributed by atoms with E-state index in [1.54, 1.807) is 30.3 Å². The molecule has 0 fully saturated rings. The topological polar surface area (TPSA) is 86.0 Å². The third kappa shape index (κ3) is 2.87. The van der Waals surface area contributed by atoms with Crippen molar-refractivity contribution in [3.63, 3.8) is 0 Å². The zero-order chi connectivity index (χ0) is 14.5. The number of aromatic nitrogens is 1. The number of hydrogen-bond donors (Lipinski definition) is 2. The molecule has 0 saturated carbocycles. The number of hydrogen-bond acceptors (Lipinski definition) is 4. The van der Waals surface area contributed by atoms with Gasteiger partial charge in [-0.1, -0.05) is 41.9 Å². The predicted octanol–water partition coefficient (Wildman–Crippen LogP) is 2.84. The van der Waals surface area contributed by atoms with E-state index in [1.807, 2.05) is 6.07 Å². The molecule has 0 aliphatic rings. The summed E-state index contributed by atoms with van der Waals surface area (Å²) in [5.74, 6) is -0.890. The van der Waals surface area contributed by atoms with Crippen molar-refractivity contribution in [2.75, 3.05) is 5.32 Å². The first-order valence-electron chi connectivity index (χ1n) is 5.72. The molecule has 1 heterocycles. The van der Waals surface area contributed by atoms with Crippen molar-refractivity contribution in [2.45, 2.75) is 6.04 Å². The van der Waals surface area contributed by atoms with Gasteiger partial charge < -0.3 is 10.4 Å². The number of anilines is 1. The minimum Gasteiger partial charge on any atom is -0.479 e. The van der Waals surface area contributed by atoms with Crippen molar-refractivity contribution in [2.24, 2.45) is 0 Å². The summed E-state index contributed by atoms with van der Waals surface area (Å²) in [4.78, 5) is 15.3. The van der Waals surface area contributed by atoms with Crippen LogP contribution in [0, 0.1) is 11.3 Å². The van der Waals surface area contributed by atoms with Crippen LogP contribution in [0.15, 0.2) is 42.6 Å². The second-order valence-electron chi connectivity index (χ2n) is 3.96. The maximum Gasteiger partial charge on any atom is 0.330 e. The number of halogens is 1. The lowest BCUT2D eigenvalue weighted by atomic mass is 10.1. The molecule has 20 heavy (non-hydrogen) atoms. The number of carboxylic acid groups (broad SMARTS) is 1. The first-order chi connectivity index (χ1) is 9.63. The Hall–Kier alpha value is -2.58. The summed E-state index contributed by atoms with van der Waals surface area (Å²) < 4.78 is 0. The molecule has 0 bridgehead atoms. The highest BCUT2D eigenvalue weighted by Gasteiger charge is 2.21. The number of carbonyl (C=O) groups is 1. The molecule has 2 rings (SSSR count). The van der Waals surface area contributed by atoms with Gasteiger partial charge >= 0.3 is 5.97 Å². The number of rotatable bonds is 4. The molecule has 0 amide bonds. The Labute approximate surface area is 120 Å². The fourth-order valence-corrected chi connectivity index (χ4v) is 1.91.